The summed E-state index contributed by atoms with van der Waals surface area (Å²) in [5.74, 6) is -0.290. The van der Waals surface area contributed by atoms with E-state index in [1.165, 1.54) is 7.11 Å². The van der Waals surface area contributed by atoms with Gasteiger partial charge in [0, 0.05) is 12.8 Å². The fourth-order valence-electron chi connectivity index (χ4n) is 1.69. The molecule has 0 aromatic rings. The summed E-state index contributed by atoms with van der Waals surface area (Å²) < 4.78 is 15.0. The molecule has 0 aromatic heterocycles. The van der Waals surface area contributed by atoms with E-state index in [0.29, 0.717) is 23.3 Å². The van der Waals surface area contributed by atoms with Crippen LogP contribution in [-0.4, -0.2) is 32.3 Å². The lowest BCUT2D eigenvalue weighted by Gasteiger charge is -2.18. The van der Waals surface area contributed by atoms with Crippen LogP contribution >= 0.6 is 0 Å². The molecule has 0 amide bonds. The van der Waals surface area contributed by atoms with E-state index in [1.54, 1.807) is 19.9 Å². The number of hydrogen-bond donors (Lipinski definition) is 0. The zero-order valence-electron chi connectivity index (χ0n) is 10.9. The van der Waals surface area contributed by atoms with Crippen LogP contribution in [0.2, 0.25) is 0 Å². The molecule has 0 atom stereocenters. The Labute approximate surface area is 106 Å². The average Bonchev–Trinajstić information content (AvgIpc) is 2.38. The molecule has 100 valence electrons. The van der Waals surface area contributed by atoms with Crippen molar-refractivity contribution < 1.29 is 23.8 Å². The molecule has 0 fully saturated rings. The number of methoxy groups -OCH3 is 1. The predicted octanol–water partition coefficient (Wildman–Crippen LogP) is 1.73. The second kappa shape index (κ2) is 6.83. The van der Waals surface area contributed by atoms with Crippen LogP contribution in [0, 0.1) is 0 Å². The number of ether oxygens (including phenoxy) is 3. The van der Waals surface area contributed by atoms with Crippen LogP contribution in [0.1, 0.15) is 26.7 Å². The average molecular weight is 254 g/mol. The van der Waals surface area contributed by atoms with E-state index in [9.17, 15) is 9.59 Å². The summed E-state index contributed by atoms with van der Waals surface area (Å²) in [4.78, 5) is 23.6. The molecule has 0 aromatic carbocycles. The summed E-state index contributed by atoms with van der Waals surface area (Å²) in [5.41, 5.74) is 0.686. The van der Waals surface area contributed by atoms with Crippen molar-refractivity contribution in [3.63, 3.8) is 0 Å². The first-order valence-electron chi connectivity index (χ1n) is 5.93. The van der Waals surface area contributed by atoms with Crippen molar-refractivity contribution in [1.82, 2.24) is 0 Å². The van der Waals surface area contributed by atoms with Gasteiger partial charge >= 0.3 is 11.9 Å². The summed E-state index contributed by atoms with van der Waals surface area (Å²) in [6, 6.07) is 0. The molecule has 5 heteroatoms. The Morgan fingerprint density at radius 3 is 2.17 bits per heavy atom. The van der Waals surface area contributed by atoms with Gasteiger partial charge in [-0.05, 0) is 19.9 Å². The molecule has 1 aliphatic rings. The summed E-state index contributed by atoms with van der Waals surface area (Å²) >= 11 is 0. The van der Waals surface area contributed by atoms with Gasteiger partial charge in [-0.25, -0.2) is 9.59 Å². The SMILES string of the molecule is CCOC(=O)C1=C(C(=O)OCC)CC(OC)=CC1. The van der Waals surface area contributed by atoms with Crippen molar-refractivity contribution in [2.24, 2.45) is 0 Å². The maximum Gasteiger partial charge on any atom is 0.335 e. The molecule has 0 bridgehead atoms. The Morgan fingerprint density at radius 2 is 1.67 bits per heavy atom. The van der Waals surface area contributed by atoms with E-state index >= 15 is 0 Å². The van der Waals surface area contributed by atoms with Crippen molar-refractivity contribution in [3.05, 3.63) is 23.0 Å². The van der Waals surface area contributed by atoms with Crippen LogP contribution in [0.4, 0.5) is 0 Å². The molecule has 0 heterocycles. The third-order valence-electron chi connectivity index (χ3n) is 2.55. The van der Waals surface area contributed by atoms with Crippen LogP contribution < -0.4 is 0 Å². The van der Waals surface area contributed by atoms with Crippen LogP contribution in [0.3, 0.4) is 0 Å². The lowest BCUT2D eigenvalue weighted by atomic mass is 9.95. The van der Waals surface area contributed by atoms with Crippen molar-refractivity contribution in [1.29, 1.82) is 0 Å². The first kappa shape index (κ1) is 14.3. The summed E-state index contributed by atoms with van der Waals surface area (Å²) in [7, 11) is 1.53. The predicted molar refractivity (Wildman–Crippen MR) is 64.6 cm³/mol. The molecule has 0 saturated carbocycles. The van der Waals surface area contributed by atoms with Gasteiger partial charge in [0.25, 0.3) is 0 Å². The van der Waals surface area contributed by atoms with Gasteiger partial charge in [0.2, 0.25) is 0 Å². The van der Waals surface area contributed by atoms with E-state index in [2.05, 4.69) is 0 Å². The second-order valence-electron chi connectivity index (χ2n) is 3.65. The largest absolute Gasteiger partial charge is 0.501 e. The fourth-order valence-corrected chi connectivity index (χ4v) is 1.69. The van der Waals surface area contributed by atoms with Gasteiger partial charge < -0.3 is 14.2 Å². The molecular formula is C13H18O5. The van der Waals surface area contributed by atoms with Gasteiger partial charge in [-0.2, -0.15) is 0 Å². The smallest absolute Gasteiger partial charge is 0.335 e. The third kappa shape index (κ3) is 3.35. The Bertz CT molecular complexity index is 392. The molecule has 0 saturated heterocycles. The molecule has 5 nitrogen and oxygen atoms in total. The molecule has 0 aliphatic heterocycles. The molecular weight excluding hydrogens is 236 g/mol. The van der Waals surface area contributed by atoms with Gasteiger partial charge in [-0.3, -0.25) is 0 Å². The maximum absolute atomic E-state index is 11.8. The summed E-state index contributed by atoms with van der Waals surface area (Å²) in [6.45, 7) is 3.99. The second-order valence-corrected chi connectivity index (χ2v) is 3.65. The quantitative estimate of drug-likeness (QED) is 0.699. The number of rotatable bonds is 5. The van der Waals surface area contributed by atoms with Crippen LogP contribution in [0.25, 0.3) is 0 Å². The number of carbonyl (C=O) groups excluding carboxylic acids is 2. The number of esters is 2. The highest BCUT2D eigenvalue weighted by atomic mass is 16.5. The zero-order chi connectivity index (χ0) is 13.5. The lowest BCUT2D eigenvalue weighted by Crippen LogP contribution is -2.19. The molecule has 18 heavy (non-hydrogen) atoms. The van der Waals surface area contributed by atoms with Gasteiger partial charge in [0.05, 0.1) is 37.2 Å². The Morgan fingerprint density at radius 1 is 1.11 bits per heavy atom. The normalized spacial score (nSPS) is 14.9. The minimum Gasteiger partial charge on any atom is -0.501 e. The maximum atomic E-state index is 11.8. The summed E-state index contributed by atoms with van der Waals surface area (Å²) in [6.07, 6.45) is 2.37. The van der Waals surface area contributed by atoms with E-state index < -0.39 is 11.9 Å². The molecule has 0 unspecified atom stereocenters. The topological polar surface area (TPSA) is 61.8 Å². The van der Waals surface area contributed by atoms with Gasteiger partial charge in [0.15, 0.2) is 0 Å². The van der Waals surface area contributed by atoms with Crippen LogP contribution in [0.5, 0.6) is 0 Å². The van der Waals surface area contributed by atoms with E-state index in [0.717, 1.165) is 0 Å². The first-order valence-corrected chi connectivity index (χ1v) is 5.93. The molecule has 0 radical (unpaired) electrons. The highest BCUT2D eigenvalue weighted by Gasteiger charge is 2.26. The Balaban J connectivity index is 2.96. The highest BCUT2D eigenvalue weighted by molar-refractivity contribution is 6.01. The minimum atomic E-state index is -0.483. The Hall–Kier alpha value is -1.78. The van der Waals surface area contributed by atoms with Crippen LogP contribution in [0.15, 0.2) is 23.0 Å². The first-order chi connectivity index (χ1) is 8.63. The molecule has 1 aliphatic carbocycles. The Kier molecular flexibility index (Phi) is 5.42. The number of allylic oxidation sites excluding steroid dienone is 2. The van der Waals surface area contributed by atoms with Crippen LogP contribution in [-0.2, 0) is 23.8 Å². The van der Waals surface area contributed by atoms with E-state index in [4.69, 9.17) is 14.2 Å². The zero-order valence-corrected chi connectivity index (χ0v) is 10.9. The van der Waals surface area contributed by atoms with Crippen molar-refractivity contribution in [2.75, 3.05) is 20.3 Å². The van der Waals surface area contributed by atoms with E-state index in [-0.39, 0.29) is 19.6 Å². The number of carbonyl (C=O) groups is 2. The van der Waals surface area contributed by atoms with Crippen molar-refractivity contribution in [3.8, 4) is 0 Å². The lowest BCUT2D eigenvalue weighted by molar-refractivity contribution is -0.142. The standard InChI is InChI=1S/C13H18O5/c1-4-17-12(14)10-7-6-9(16-3)8-11(10)13(15)18-5-2/h6H,4-5,7-8H2,1-3H3. The minimum absolute atomic E-state index is 0.267. The third-order valence-corrected chi connectivity index (χ3v) is 2.55. The number of hydrogen-bond acceptors (Lipinski definition) is 5. The van der Waals surface area contributed by atoms with Crippen molar-refractivity contribution >= 4 is 11.9 Å². The van der Waals surface area contributed by atoms with Crippen molar-refractivity contribution in [2.45, 2.75) is 26.7 Å². The van der Waals surface area contributed by atoms with E-state index in [1.807, 2.05) is 0 Å². The molecule has 1 rings (SSSR count). The van der Waals surface area contributed by atoms with Gasteiger partial charge in [-0.15, -0.1) is 0 Å². The van der Waals surface area contributed by atoms with Gasteiger partial charge in [-0.1, -0.05) is 0 Å². The monoisotopic (exact) mass is 254 g/mol. The van der Waals surface area contributed by atoms with Gasteiger partial charge in [0.1, 0.15) is 0 Å². The molecule has 0 N–H and O–H groups in total. The fraction of sp³-hybridized carbons (Fsp3) is 0.538. The highest BCUT2D eigenvalue weighted by Crippen LogP contribution is 2.27. The summed E-state index contributed by atoms with van der Waals surface area (Å²) in [5, 5.41) is 0. The molecule has 0 spiro atoms.